The Morgan fingerprint density at radius 2 is 1.87 bits per heavy atom. The van der Waals surface area contributed by atoms with E-state index in [0.29, 0.717) is 5.75 Å². The number of halogens is 1. The van der Waals surface area contributed by atoms with Gasteiger partial charge in [0.1, 0.15) is 0 Å². The Morgan fingerprint density at radius 1 is 1.17 bits per heavy atom. The Kier molecular flexibility index (Phi) is 6.42. The lowest BCUT2D eigenvalue weighted by Gasteiger charge is -2.08. The van der Waals surface area contributed by atoms with E-state index in [-0.39, 0.29) is 5.91 Å². The molecule has 0 aliphatic carbocycles. The van der Waals surface area contributed by atoms with Crippen LogP contribution in [0.3, 0.4) is 0 Å². The molecule has 0 heterocycles. The lowest BCUT2D eigenvalue weighted by atomic mass is 10.1. The van der Waals surface area contributed by atoms with Crippen molar-refractivity contribution >= 4 is 39.3 Å². The van der Waals surface area contributed by atoms with E-state index in [2.05, 4.69) is 38.6 Å². The van der Waals surface area contributed by atoms with Crippen LogP contribution in [0.25, 0.3) is 0 Å². The first-order valence-corrected chi connectivity index (χ1v) is 9.03. The predicted molar refractivity (Wildman–Crippen MR) is 101 cm³/mol. The van der Waals surface area contributed by atoms with Crippen LogP contribution in [0.1, 0.15) is 23.6 Å². The number of benzene rings is 2. The molecular weight excluding hydrogens is 372 g/mol. The van der Waals surface area contributed by atoms with Gasteiger partial charge in [0.2, 0.25) is 5.91 Å². The van der Waals surface area contributed by atoms with Crippen molar-refractivity contribution < 1.29 is 4.79 Å². The Labute approximate surface area is 149 Å². The Morgan fingerprint density at radius 3 is 2.57 bits per heavy atom. The molecule has 0 fully saturated rings. The predicted octanol–water partition coefficient (Wildman–Crippen LogP) is 4.70. The zero-order chi connectivity index (χ0) is 16.8. The molecule has 3 nitrogen and oxygen atoms in total. The van der Waals surface area contributed by atoms with Gasteiger partial charge in [0, 0.05) is 9.37 Å². The molecule has 1 N–H and O–H groups in total. The summed E-state index contributed by atoms with van der Waals surface area (Å²) >= 11 is 5.04. The third-order valence-corrected chi connectivity index (χ3v) is 5.37. The number of hydrogen-bond donors (Lipinski definition) is 1. The third kappa shape index (κ3) is 5.22. The largest absolute Gasteiger partial charge is 0.272 e. The van der Waals surface area contributed by atoms with Crippen LogP contribution in [-0.2, 0) is 4.79 Å². The summed E-state index contributed by atoms with van der Waals surface area (Å²) in [6.45, 7) is 5.97. The van der Waals surface area contributed by atoms with Crippen LogP contribution in [0.4, 0.5) is 0 Å². The average Bonchev–Trinajstić information content (AvgIpc) is 2.55. The first-order valence-electron chi connectivity index (χ1n) is 7.25. The Balaban J connectivity index is 1.92. The SMILES string of the molecule is C/C(=N/NC(=O)CSc1cc(C)c(Br)cc1C)c1ccccc1. The standard InChI is InChI=1S/C18H19BrN2OS/c1-12-10-17(13(2)9-16(12)19)23-11-18(22)21-20-14(3)15-7-5-4-6-8-15/h4-10H,11H2,1-3H3,(H,21,22)/b20-14-. The Bertz CT molecular complexity index is 729. The van der Waals surface area contributed by atoms with Crippen molar-refractivity contribution in [3.05, 3.63) is 63.6 Å². The van der Waals surface area contributed by atoms with Gasteiger partial charge in [-0.05, 0) is 49.6 Å². The molecule has 0 aliphatic heterocycles. The highest BCUT2D eigenvalue weighted by Gasteiger charge is 2.07. The van der Waals surface area contributed by atoms with Crippen LogP contribution in [-0.4, -0.2) is 17.4 Å². The van der Waals surface area contributed by atoms with Gasteiger partial charge in [-0.3, -0.25) is 4.79 Å². The van der Waals surface area contributed by atoms with Crippen LogP contribution >= 0.6 is 27.7 Å². The van der Waals surface area contributed by atoms with E-state index in [1.807, 2.05) is 51.1 Å². The van der Waals surface area contributed by atoms with E-state index in [9.17, 15) is 4.79 Å². The number of aryl methyl sites for hydroxylation is 2. The number of nitrogens with zero attached hydrogens (tertiary/aromatic N) is 1. The summed E-state index contributed by atoms with van der Waals surface area (Å²) in [6, 6.07) is 14.0. The highest BCUT2D eigenvalue weighted by Crippen LogP contribution is 2.28. The van der Waals surface area contributed by atoms with Gasteiger partial charge in [-0.15, -0.1) is 11.8 Å². The number of carbonyl (C=O) groups excluding carboxylic acids is 1. The summed E-state index contributed by atoms with van der Waals surface area (Å²) < 4.78 is 1.09. The van der Waals surface area contributed by atoms with E-state index in [4.69, 9.17) is 0 Å². The van der Waals surface area contributed by atoms with Crippen LogP contribution in [0, 0.1) is 13.8 Å². The monoisotopic (exact) mass is 390 g/mol. The molecule has 0 bridgehead atoms. The van der Waals surface area contributed by atoms with E-state index in [1.165, 1.54) is 11.8 Å². The van der Waals surface area contributed by atoms with Crippen molar-refractivity contribution in [1.29, 1.82) is 0 Å². The molecule has 5 heteroatoms. The smallest absolute Gasteiger partial charge is 0.250 e. The fourth-order valence-electron chi connectivity index (χ4n) is 1.98. The van der Waals surface area contributed by atoms with Gasteiger partial charge < -0.3 is 0 Å². The lowest BCUT2D eigenvalue weighted by Crippen LogP contribution is -2.21. The molecule has 2 aromatic rings. The molecule has 23 heavy (non-hydrogen) atoms. The molecule has 0 atom stereocenters. The molecule has 0 aromatic heterocycles. The van der Waals surface area contributed by atoms with Crippen molar-refractivity contribution in [2.45, 2.75) is 25.7 Å². The van der Waals surface area contributed by atoms with Gasteiger partial charge in [-0.25, -0.2) is 5.43 Å². The van der Waals surface area contributed by atoms with Crippen molar-refractivity contribution in [1.82, 2.24) is 5.43 Å². The van der Waals surface area contributed by atoms with Gasteiger partial charge >= 0.3 is 0 Å². The highest BCUT2D eigenvalue weighted by molar-refractivity contribution is 9.10. The average molecular weight is 391 g/mol. The first kappa shape index (κ1) is 17.8. The van der Waals surface area contributed by atoms with Crippen LogP contribution in [0.15, 0.2) is 56.9 Å². The second-order valence-electron chi connectivity index (χ2n) is 5.25. The van der Waals surface area contributed by atoms with Crippen LogP contribution in [0.5, 0.6) is 0 Å². The fourth-order valence-corrected chi connectivity index (χ4v) is 3.33. The third-order valence-electron chi connectivity index (χ3n) is 3.35. The normalized spacial score (nSPS) is 11.4. The van der Waals surface area contributed by atoms with E-state index in [0.717, 1.165) is 31.8 Å². The summed E-state index contributed by atoms with van der Waals surface area (Å²) in [5.74, 6) is 0.235. The van der Waals surface area contributed by atoms with E-state index in [1.54, 1.807) is 0 Å². The van der Waals surface area contributed by atoms with Gasteiger partial charge in [0.25, 0.3) is 0 Å². The molecule has 0 saturated carbocycles. The Hall–Kier alpha value is -1.59. The summed E-state index contributed by atoms with van der Waals surface area (Å²) in [5.41, 5.74) is 6.73. The number of thioether (sulfide) groups is 1. The van der Waals surface area contributed by atoms with Crippen LogP contribution in [0.2, 0.25) is 0 Å². The second-order valence-corrected chi connectivity index (χ2v) is 7.13. The van der Waals surface area contributed by atoms with Crippen molar-refractivity contribution in [2.75, 3.05) is 5.75 Å². The number of rotatable bonds is 5. The summed E-state index contributed by atoms with van der Waals surface area (Å²) in [5, 5.41) is 4.16. The maximum absolute atomic E-state index is 12.0. The fraction of sp³-hybridized carbons (Fsp3) is 0.222. The molecule has 0 unspecified atom stereocenters. The zero-order valence-electron chi connectivity index (χ0n) is 13.4. The molecule has 0 spiro atoms. The van der Waals surface area contributed by atoms with Gasteiger partial charge in [-0.2, -0.15) is 5.10 Å². The van der Waals surface area contributed by atoms with Crippen LogP contribution < -0.4 is 5.43 Å². The number of hydrazone groups is 1. The molecule has 2 rings (SSSR count). The number of hydrogen-bond acceptors (Lipinski definition) is 3. The second kappa shape index (κ2) is 8.31. The maximum Gasteiger partial charge on any atom is 0.250 e. The molecule has 0 aliphatic rings. The highest BCUT2D eigenvalue weighted by atomic mass is 79.9. The molecule has 1 amide bonds. The zero-order valence-corrected chi connectivity index (χ0v) is 15.8. The van der Waals surface area contributed by atoms with E-state index >= 15 is 0 Å². The number of carbonyl (C=O) groups is 1. The van der Waals surface area contributed by atoms with Gasteiger partial charge in [0.05, 0.1) is 11.5 Å². The number of amides is 1. The van der Waals surface area contributed by atoms with Crippen molar-refractivity contribution in [2.24, 2.45) is 5.10 Å². The minimum Gasteiger partial charge on any atom is -0.272 e. The number of nitrogens with one attached hydrogen (secondary N) is 1. The molecule has 0 saturated heterocycles. The van der Waals surface area contributed by atoms with E-state index < -0.39 is 0 Å². The quantitative estimate of drug-likeness (QED) is 0.456. The first-order chi connectivity index (χ1) is 11.0. The maximum atomic E-state index is 12.0. The molecule has 2 aromatic carbocycles. The molecule has 120 valence electrons. The summed E-state index contributed by atoms with van der Waals surface area (Å²) in [6.07, 6.45) is 0. The molecule has 0 radical (unpaired) electrons. The van der Waals surface area contributed by atoms with Gasteiger partial charge in [-0.1, -0.05) is 46.3 Å². The summed E-state index contributed by atoms with van der Waals surface area (Å²) in [4.78, 5) is 13.1. The minimum atomic E-state index is -0.106. The van der Waals surface area contributed by atoms with Crippen molar-refractivity contribution in [3.63, 3.8) is 0 Å². The summed E-state index contributed by atoms with van der Waals surface area (Å²) in [7, 11) is 0. The minimum absolute atomic E-state index is 0.106. The molecular formula is C18H19BrN2OS. The lowest BCUT2D eigenvalue weighted by molar-refractivity contribution is -0.118. The topological polar surface area (TPSA) is 41.5 Å². The van der Waals surface area contributed by atoms with Gasteiger partial charge in [0.15, 0.2) is 0 Å². The van der Waals surface area contributed by atoms with Crippen molar-refractivity contribution in [3.8, 4) is 0 Å².